The third kappa shape index (κ3) is 5.63. The minimum atomic E-state index is 0.360. The largest absolute Gasteiger partial charge is 0.381 e. The number of rotatable bonds is 10. The Morgan fingerprint density at radius 2 is 1.81 bits per heavy atom. The van der Waals surface area contributed by atoms with Crippen LogP contribution in [-0.2, 0) is 4.74 Å². The number of ether oxygens (including phenoxy) is 1. The second-order valence-electron chi connectivity index (χ2n) is 9.83. The van der Waals surface area contributed by atoms with Gasteiger partial charge >= 0.3 is 0 Å². The maximum absolute atomic E-state index is 6.09. The Kier molecular flexibility index (Phi) is 8.05. The van der Waals surface area contributed by atoms with Crippen LogP contribution < -0.4 is 0 Å². The van der Waals surface area contributed by atoms with Crippen molar-refractivity contribution in [1.82, 2.24) is 9.47 Å². The van der Waals surface area contributed by atoms with Gasteiger partial charge in [0.25, 0.3) is 0 Å². The molecule has 0 radical (unpaired) electrons. The van der Waals surface area contributed by atoms with Crippen molar-refractivity contribution in [2.24, 2.45) is 0 Å². The Balaban J connectivity index is 1.61. The van der Waals surface area contributed by atoms with E-state index in [0.29, 0.717) is 12.0 Å². The van der Waals surface area contributed by atoms with Crippen molar-refractivity contribution in [3.05, 3.63) is 71.4 Å². The van der Waals surface area contributed by atoms with Crippen LogP contribution in [0.2, 0.25) is 0 Å². The van der Waals surface area contributed by atoms with Crippen LogP contribution in [0.3, 0.4) is 0 Å². The van der Waals surface area contributed by atoms with Crippen LogP contribution in [0.25, 0.3) is 10.9 Å². The lowest BCUT2D eigenvalue weighted by Crippen LogP contribution is -2.15. The van der Waals surface area contributed by atoms with Crippen LogP contribution in [0.15, 0.2) is 54.7 Å². The van der Waals surface area contributed by atoms with E-state index in [2.05, 4.69) is 85.2 Å². The zero-order valence-corrected chi connectivity index (χ0v) is 20.2. The molecule has 1 unspecified atom stereocenters. The van der Waals surface area contributed by atoms with Gasteiger partial charge in [-0.2, -0.15) is 0 Å². The molecule has 0 bridgehead atoms. The smallest absolute Gasteiger partial charge is 0.0485 e. The van der Waals surface area contributed by atoms with Gasteiger partial charge in [0, 0.05) is 42.3 Å². The molecule has 1 fully saturated rings. The highest BCUT2D eigenvalue weighted by molar-refractivity contribution is 5.85. The van der Waals surface area contributed by atoms with Gasteiger partial charge in [-0.05, 0) is 70.4 Å². The van der Waals surface area contributed by atoms with Gasteiger partial charge < -0.3 is 14.2 Å². The summed E-state index contributed by atoms with van der Waals surface area (Å²) in [5.41, 5.74) is 5.61. The lowest BCUT2D eigenvalue weighted by molar-refractivity contribution is 0.121. The Bertz CT molecular complexity index is 984. The summed E-state index contributed by atoms with van der Waals surface area (Å²) in [5.74, 6) is 0.360. The van der Waals surface area contributed by atoms with Gasteiger partial charge in [-0.15, -0.1) is 0 Å². The number of aryl methyl sites for hydroxylation is 1. The predicted octanol–water partition coefficient (Wildman–Crippen LogP) is 6.95. The Morgan fingerprint density at radius 3 is 2.59 bits per heavy atom. The summed E-state index contributed by atoms with van der Waals surface area (Å²) >= 11 is 0. The molecule has 1 aliphatic rings. The van der Waals surface area contributed by atoms with Crippen LogP contribution in [-0.4, -0.2) is 43.3 Å². The number of hydrogen-bond donors (Lipinski definition) is 0. The van der Waals surface area contributed by atoms with Crippen molar-refractivity contribution in [2.75, 3.05) is 33.9 Å². The van der Waals surface area contributed by atoms with Crippen molar-refractivity contribution < 1.29 is 4.74 Å². The van der Waals surface area contributed by atoms with Gasteiger partial charge in [0.05, 0.1) is 0 Å². The average Bonchev–Trinajstić information content (AvgIpc) is 3.18. The van der Waals surface area contributed by atoms with E-state index < -0.39 is 0 Å². The fraction of sp³-hybridized carbons (Fsp3) is 0.517. The molecule has 3 heteroatoms. The standard InChI is InChI=1S/C29H40N2O/c1-23-11-9-12-24(21-23)26(17-20-32-19-10-18-30(2)3)28-22-31(25-13-5-4-6-14-25)29-16-8-7-15-27(28)29/h7-9,11-12,15-16,21-22,25-26H,4-6,10,13-14,17-20H2,1-3H3. The minimum Gasteiger partial charge on any atom is -0.381 e. The van der Waals surface area contributed by atoms with Crippen molar-refractivity contribution >= 4 is 10.9 Å². The molecule has 1 atom stereocenters. The fourth-order valence-corrected chi connectivity index (χ4v) is 5.35. The summed E-state index contributed by atoms with van der Waals surface area (Å²) in [4.78, 5) is 2.22. The van der Waals surface area contributed by atoms with Gasteiger partial charge in [0.2, 0.25) is 0 Å². The predicted molar refractivity (Wildman–Crippen MR) is 136 cm³/mol. The van der Waals surface area contributed by atoms with E-state index in [0.717, 1.165) is 32.6 Å². The van der Waals surface area contributed by atoms with Crippen LogP contribution in [0, 0.1) is 6.92 Å². The summed E-state index contributed by atoms with van der Waals surface area (Å²) in [6, 6.07) is 18.7. The summed E-state index contributed by atoms with van der Waals surface area (Å²) in [5, 5.41) is 1.41. The van der Waals surface area contributed by atoms with Gasteiger partial charge in [-0.1, -0.05) is 67.3 Å². The zero-order chi connectivity index (χ0) is 22.3. The second kappa shape index (κ2) is 11.2. The molecule has 3 nitrogen and oxygen atoms in total. The first-order valence-corrected chi connectivity index (χ1v) is 12.5. The van der Waals surface area contributed by atoms with E-state index in [1.807, 2.05) is 0 Å². The number of nitrogens with zero attached hydrogens (tertiary/aromatic N) is 2. The van der Waals surface area contributed by atoms with Crippen LogP contribution in [0.5, 0.6) is 0 Å². The molecule has 0 saturated heterocycles. The molecule has 1 aliphatic carbocycles. The molecular formula is C29H40N2O. The number of fused-ring (bicyclic) bond motifs is 1. The van der Waals surface area contributed by atoms with Crippen LogP contribution >= 0.6 is 0 Å². The van der Waals surface area contributed by atoms with Gasteiger partial charge in [0.15, 0.2) is 0 Å². The molecule has 172 valence electrons. The van der Waals surface area contributed by atoms with E-state index in [9.17, 15) is 0 Å². The first-order chi connectivity index (χ1) is 15.6. The van der Waals surface area contributed by atoms with Crippen molar-refractivity contribution in [1.29, 1.82) is 0 Å². The van der Waals surface area contributed by atoms with E-state index >= 15 is 0 Å². The Hall–Kier alpha value is -2.10. The average molecular weight is 433 g/mol. The maximum Gasteiger partial charge on any atom is 0.0485 e. The molecule has 1 aromatic heterocycles. The summed E-state index contributed by atoms with van der Waals surface area (Å²) in [6.45, 7) is 4.91. The monoisotopic (exact) mass is 432 g/mol. The van der Waals surface area contributed by atoms with E-state index in [1.165, 1.54) is 59.7 Å². The third-order valence-electron chi connectivity index (χ3n) is 7.00. The normalized spacial score (nSPS) is 16.1. The van der Waals surface area contributed by atoms with E-state index in [-0.39, 0.29) is 0 Å². The Morgan fingerprint density at radius 1 is 1.00 bits per heavy atom. The molecule has 0 aliphatic heterocycles. The second-order valence-corrected chi connectivity index (χ2v) is 9.83. The minimum absolute atomic E-state index is 0.360. The van der Waals surface area contributed by atoms with Gasteiger partial charge in [-0.25, -0.2) is 0 Å². The molecule has 3 aromatic rings. The summed E-state index contributed by atoms with van der Waals surface area (Å²) in [6.07, 6.45) is 11.3. The molecule has 0 spiro atoms. The number of para-hydroxylation sites is 1. The highest BCUT2D eigenvalue weighted by Gasteiger charge is 2.23. The Labute approximate surface area is 194 Å². The highest BCUT2D eigenvalue weighted by Crippen LogP contribution is 2.39. The van der Waals surface area contributed by atoms with Crippen LogP contribution in [0.1, 0.15) is 73.6 Å². The van der Waals surface area contributed by atoms with Crippen molar-refractivity contribution in [3.63, 3.8) is 0 Å². The topological polar surface area (TPSA) is 17.4 Å². The van der Waals surface area contributed by atoms with Crippen molar-refractivity contribution in [2.45, 2.75) is 63.8 Å². The maximum atomic E-state index is 6.09. The molecule has 1 saturated carbocycles. The first-order valence-electron chi connectivity index (χ1n) is 12.5. The molecule has 0 amide bonds. The van der Waals surface area contributed by atoms with E-state index in [1.54, 1.807) is 0 Å². The van der Waals surface area contributed by atoms with E-state index in [4.69, 9.17) is 4.74 Å². The zero-order valence-electron chi connectivity index (χ0n) is 20.2. The van der Waals surface area contributed by atoms with Gasteiger partial charge in [-0.3, -0.25) is 0 Å². The lowest BCUT2D eigenvalue weighted by atomic mass is 9.88. The molecule has 1 heterocycles. The van der Waals surface area contributed by atoms with Crippen molar-refractivity contribution in [3.8, 4) is 0 Å². The number of hydrogen-bond acceptors (Lipinski definition) is 2. The lowest BCUT2D eigenvalue weighted by Gasteiger charge is -2.24. The summed E-state index contributed by atoms with van der Waals surface area (Å²) in [7, 11) is 4.24. The molecule has 32 heavy (non-hydrogen) atoms. The fourth-order valence-electron chi connectivity index (χ4n) is 5.35. The summed E-state index contributed by atoms with van der Waals surface area (Å²) < 4.78 is 8.69. The molecule has 0 N–H and O–H groups in total. The molecule has 4 rings (SSSR count). The van der Waals surface area contributed by atoms with Crippen LogP contribution in [0.4, 0.5) is 0 Å². The molecular weight excluding hydrogens is 392 g/mol. The number of benzene rings is 2. The van der Waals surface area contributed by atoms with Gasteiger partial charge in [0.1, 0.15) is 0 Å². The quantitative estimate of drug-likeness (QED) is 0.323. The number of aromatic nitrogens is 1. The third-order valence-corrected chi connectivity index (χ3v) is 7.00. The SMILES string of the molecule is Cc1cccc(C(CCOCCCN(C)C)c2cn(C3CCCCC3)c3ccccc23)c1. The highest BCUT2D eigenvalue weighted by atomic mass is 16.5. The first kappa shape index (κ1) is 23.1. The molecule has 2 aromatic carbocycles.